The third-order valence-corrected chi connectivity index (χ3v) is 3.33. The molecule has 1 rings (SSSR count). The van der Waals surface area contributed by atoms with Gasteiger partial charge in [-0.05, 0) is 24.1 Å². The molecular weight excluding hydrogens is 282 g/mol. The van der Waals surface area contributed by atoms with E-state index in [0.717, 1.165) is 17.7 Å². The second-order valence-electron chi connectivity index (χ2n) is 4.99. The molecule has 0 bridgehead atoms. The molecule has 0 saturated heterocycles. The molecular formula is C17H23NO4. The monoisotopic (exact) mass is 305 g/mol. The largest absolute Gasteiger partial charge is 0.494 e. The van der Waals surface area contributed by atoms with Crippen LogP contribution in [0.3, 0.4) is 0 Å². The number of unbranched alkanes of at least 4 members (excludes halogenated alkanes) is 3. The van der Waals surface area contributed by atoms with Gasteiger partial charge in [0.05, 0.1) is 26.2 Å². The van der Waals surface area contributed by atoms with Crippen molar-refractivity contribution in [1.29, 1.82) is 0 Å². The molecule has 0 heterocycles. The average molecular weight is 305 g/mol. The van der Waals surface area contributed by atoms with Crippen molar-refractivity contribution in [1.82, 2.24) is 0 Å². The fourth-order valence-corrected chi connectivity index (χ4v) is 2.05. The summed E-state index contributed by atoms with van der Waals surface area (Å²) >= 11 is 0. The molecule has 5 nitrogen and oxygen atoms in total. The first-order chi connectivity index (χ1) is 10.7. The fourth-order valence-electron chi connectivity index (χ4n) is 2.05. The van der Waals surface area contributed by atoms with E-state index in [4.69, 9.17) is 4.74 Å². The number of aliphatic imine (C=N–C) groups is 1. The first kappa shape index (κ1) is 17.9. The molecule has 1 aromatic carbocycles. The molecule has 0 aliphatic rings. The number of hydrogen-bond donors (Lipinski definition) is 0. The molecule has 22 heavy (non-hydrogen) atoms. The van der Waals surface area contributed by atoms with Crippen molar-refractivity contribution in [3.63, 3.8) is 0 Å². The van der Waals surface area contributed by atoms with Crippen LogP contribution >= 0.6 is 0 Å². The van der Waals surface area contributed by atoms with Crippen LogP contribution < -0.4 is 4.74 Å². The number of ether oxygens (including phenoxy) is 2. The molecule has 1 atom stereocenters. The van der Waals surface area contributed by atoms with Crippen molar-refractivity contribution in [3.8, 4) is 5.75 Å². The quantitative estimate of drug-likeness (QED) is 0.287. The SMILES string of the molecule is CCCCCCOc1ccc([C@H](CC(=O)OC)N=C=O)cc1. The lowest BCUT2D eigenvalue weighted by molar-refractivity contribution is -0.141. The Balaban J connectivity index is 2.57. The van der Waals surface area contributed by atoms with Crippen LogP contribution in [-0.4, -0.2) is 25.8 Å². The molecule has 0 spiro atoms. The Bertz CT molecular complexity index is 492. The molecule has 0 aromatic heterocycles. The number of esters is 1. The number of nitrogens with zero attached hydrogens (tertiary/aromatic N) is 1. The van der Waals surface area contributed by atoms with E-state index >= 15 is 0 Å². The number of benzene rings is 1. The maximum absolute atomic E-state index is 11.3. The van der Waals surface area contributed by atoms with Gasteiger partial charge in [0.2, 0.25) is 6.08 Å². The van der Waals surface area contributed by atoms with Crippen LogP contribution in [0.5, 0.6) is 5.75 Å². The summed E-state index contributed by atoms with van der Waals surface area (Å²) in [4.78, 5) is 25.5. The third kappa shape index (κ3) is 6.55. The molecule has 0 fully saturated rings. The summed E-state index contributed by atoms with van der Waals surface area (Å²) in [5, 5.41) is 0. The highest BCUT2D eigenvalue weighted by Crippen LogP contribution is 2.24. The lowest BCUT2D eigenvalue weighted by Crippen LogP contribution is -2.07. The normalized spacial score (nSPS) is 11.4. The Hall–Kier alpha value is -2.13. The van der Waals surface area contributed by atoms with Crippen molar-refractivity contribution >= 4 is 12.0 Å². The minimum absolute atomic E-state index is 0.0168. The predicted molar refractivity (Wildman–Crippen MR) is 83.6 cm³/mol. The Labute approximate surface area is 131 Å². The summed E-state index contributed by atoms with van der Waals surface area (Å²) in [5.74, 6) is 0.354. The van der Waals surface area contributed by atoms with E-state index in [1.165, 1.54) is 32.5 Å². The molecule has 0 aliphatic heterocycles. The first-order valence-electron chi connectivity index (χ1n) is 7.57. The molecule has 0 radical (unpaired) electrons. The predicted octanol–water partition coefficient (Wildman–Crippen LogP) is 3.59. The highest BCUT2D eigenvalue weighted by atomic mass is 16.5. The Morgan fingerprint density at radius 1 is 1.23 bits per heavy atom. The zero-order valence-electron chi connectivity index (χ0n) is 13.2. The van der Waals surface area contributed by atoms with Crippen LogP contribution in [0.1, 0.15) is 50.6 Å². The summed E-state index contributed by atoms with van der Waals surface area (Å²) < 4.78 is 10.3. The van der Waals surface area contributed by atoms with Crippen LogP contribution in [0.15, 0.2) is 29.3 Å². The van der Waals surface area contributed by atoms with Crippen LogP contribution in [0.2, 0.25) is 0 Å². The molecule has 0 N–H and O–H groups in total. The zero-order valence-corrected chi connectivity index (χ0v) is 13.2. The summed E-state index contributed by atoms with van der Waals surface area (Å²) in [6.45, 7) is 2.86. The molecule has 120 valence electrons. The first-order valence-corrected chi connectivity index (χ1v) is 7.57. The van der Waals surface area contributed by atoms with E-state index in [1.807, 2.05) is 12.1 Å². The van der Waals surface area contributed by atoms with Gasteiger partial charge in [0, 0.05) is 0 Å². The molecule has 5 heteroatoms. The van der Waals surface area contributed by atoms with Crippen LogP contribution in [0.4, 0.5) is 0 Å². The van der Waals surface area contributed by atoms with Crippen molar-refractivity contribution in [2.24, 2.45) is 4.99 Å². The summed E-state index contributed by atoms with van der Waals surface area (Å²) in [5.41, 5.74) is 0.757. The maximum Gasteiger partial charge on any atom is 0.308 e. The number of carbonyl (C=O) groups excluding carboxylic acids is 2. The van der Waals surface area contributed by atoms with Crippen LogP contribution in [0.25, 0.3) is 0 Å². The van der Waals surface area contributed by atoms with Crippen LogP contribution in [-0.2, 0) is 14.3 Å². The van der Waals surface area contributed by atoms with Crippen molar-refractivity contribution in [2.75, 3.05) is 13.7 Å². The fraction of sp³-hybridized carbons (Fsp3) is 0.529. The summed E-state index contributed by atoms with van der Waals surface area (Å²) in [6.07, 6.45) is 6.15. The van der Waals surface area contributed by atoms with Gasteiger partial charge in [0.15, 0.2) is 0 Å². The average Bonchev–Trinajstić information content (AvgIpc) is 2.54. The van der Waals surface area contributed by atoms with E-state index in [-0.39, 0.29) is 6.42 Å². The van der Waals surface area contributed by atoms with Crippen molar-refractivity contribution in [2.45, 2.75) is 45.1 Å². The standard InChI is InChI=1S/C17H23NO4/c1-3-4-5-6-11-22-15-9-7-14(8-10-15)16(18-13-19)12-17(20)21-2/h7-10,16H,3-6,11-12H2,1-2H3/t16-/m0/s1. The van der Waals surface area contributed by atoms with E-state index < -0.39 is 12.0 Å². The third-order valence-electron chi connectivity index (χ3n) is 3.33. The van der Waals surface area contributed by atoms with Gasteiger partial charge in [0.25, 0.3) is 0 Å². The Morgan fingerprint density at radius 2 is 1.95 bits per heavy atom. The highest BCUT2D eigenvalue weighted by Gasteiger charge is 2.15. The minimum Gasteiger partial charge on any atom is -0.494 e. The summed E-state index contributed by atoms with van der Waals surface area (Å²) in [7, 11) is 1.31. The molecule has 0 aliphatic carbocycles. The number of isocyanates is 1. The van der Waals surface area contributed by atoms with E-state index in [9.17, 15) is 9.59 Å². The number of methoxy groups -OCH3 is 1. The smallest absolute Gasteiger partial charge is 0.308 e. The van der Waals surface area contributed by atoms with E-state index in [2.05, 4.69) is 16.7 Å². The number of rotatable bonds is 10. The molecule has 1 aromatic rings. The van der Waals surface area contributed by atoms with Gasteiger partial charge >= 0.3 is 5.97 Å². The molecule has 0 unspecified atom stereocenters. The van der Waals surface area contributed by atoms with Crippen molar-refractivity contribution in [3.05, 3.63) is 29.8 Å². The van der Waals surface area contributed by atoms with Gasteiger partial charge in [-0.3, -0.25) is 4.79 Å². The van der Waals surface area contributed by atoms with Gasteiger partial charge in [-0.2, -0.15) is 4.99 Å². The van der Waals surface area contributed by atoms with Crippen LogP contribution in [0, 0.1) is 0 Å². The second-order valence-corrected chi connectivity index (χ2v) is 4.99. The van der Waals surface area contributed by atoms with E-state index in [0.29, 0.717) is 6.61 Å². The van der Waals surface area contributed by atoms with Gasteiger partial charge in [-0.25, -0.2) is 4.79 Å². The Morgan fingerprint density at radius 3 is 2.55 bits per heavy atom. The summed E-state index contributed by atoms with van der Waals surface area (Å²) in [6, 6.07) is 6.68. The van der Waals surface area contributed by atoms with Crippen molar-refractivity contribution < 1.29 is 19.1 Å². The maximum atomic E-state index is 11.3. The lowest BCUT2D eigenvalue weighted by Gasteiger charge is -2.11. The second kappa shape index (κ2) is 10.6. The van der Waals surface area contributed by atoms with Gasteiger partial charge in [0.1, 0.15) is 5.75 Å². The lowest BCUT2D eigenvalue weighted by atomic mass is 10.0. The van der Waals surface area contributed by atoms with E-state index in [1.54, 1.807) is 12.1 Å². The number of carbonyl (C=O) groups is 1. The molecule has 0 amide bonds. The Kier molecular flexibility index (Phi) is 8.61. The topological polar surface area (TPSA) is 65.0 Å². The zero-order chi connectivity index (χ0) is 16.2. The van der Waals surface area contributed by atoms with Gasteiger partial charge < -0.3 is 9.47 Å². The molecule has 0 saturated carbocycles. The van der Waals surface area contributed by atoms with Gasteiger partial charge in [-0.15, -0.1) is 0 Å². The van der Waals surface area contributed by atoms with Gasteiger partial charge in [-0.1, -0.05) is 38.3 Å². The highest BCUT2D eigenvalue weighted by molar-refractivity contribution is 5.70. The minimum atomic E-state index is -0.566. The number of hydrogen-bond acceptors (Lipinski definition) is 5.